The molecule has 7 heteroatoms. The fourth-order valence-electron chi connectivity index (χ4n) is 1.77. The molecular formula is C14H15ClN4OS. The van der Waals surface area contributed by atoms with Gasteiger partial charge in [-0.15, -0.1) is 0 Å². The molecule has 3 N–H and O–H groups in total. The molecule has 0 saturated heterocycles. The van der Waals surface area contributed by atoms with Crippen LogP contribution in [0.5, 0.6) is 0 Å². The molecule has 110 valence electrons. The second-order valence-electron chi connectivity index (χ2n) is 4.65. The summed E-state index contributed by atoms with van der Waals surface area (Å²) in [5.41, 5.74) is 7.59. The summed E-state index contributed by atoms with van der Waals surface area (Å²) in [6.45, 7) is 3.53. The second kappa shape index (κ2) is 6.24. The molecular weight excluding hydrogens is 308 g/mol. The van der Waals surface area contributed by atoms with Crippen molar-refractivity contribution in [3.05, 3.63) is 46.7 Å². The number of nitrogens with two attached hydrogens (primary N) is 1. The molecule has 0 saturated carbocycles. The van der Waals surface area contributed by atoms with E-state index in [1.54, 1.807) is 44.3 Å². The van der Waals surface area contributed by atoms with Gasteiger partial charge in [-0.2, -0.15) is 5.10 Å². The molecule has 0 aliphatic heterocycles. The second-order valence-corrected chi connectivity index (χ2v) is 5.50. The first-order valence-electron chi connectivity index (χ1n) is 6.30. The fourth-order valence-corrected chi connectivity index (χ4v) is 2.04. The van der Waals surface area contributed by atoms with Gasteiger partial charge in [0.25, 0.3) is 0 Å². The van der Waals surface area contributed by atoms with Crippen LogP contribution in [0.2, 0.25) is 5.02 Å². The summed E-state index contributed by atoms with van der Waals surface area (Å²) in [6.07, 6.45) is 1.63. The predicted molar refractivity (Wildman–Crippen MR) is 87.6 cm³/mol. The van der Waals surface area contributed by atoms with Crippen LogP contribution in [-0.2, 0) is 4.79 Å². The van der Waals surface area contributed by atoms with E-state index < -0.39 is 6.04 Å². The number of thiocarbonyl (C=S) groups is 1. The minimum absolute atomic E-state index is 0.200. The van der Waals surface area contributed by atoms with Gasteiger partial charge in [-0.25, -0.2) is 0 Å². The molecule has 1 aromatic heterocycles. The third-order valence-corrected chi connectivity index (χ3v) is 3.65. The predicted octanol–water partition coefficient (Wildman–Crippen LogP) is 2.68. The van der Waals surface area contributed by atoms with Crippen molar-refractivity contribution < 1.29 is 4.79 Å². The van der Waals surface area contributed by atoms with E-state index in [2.05, 4.69) is 10.4 Å². The van der Waals surface area contributed by atoms with Crippen molar-refractivity contribution in [3.8, 4) is 0 Å². The number of benzene rings is 1. The van der Waals surface area contributed by atoms with E-state index in [9.17, 15) is 4.79 Å². The van der Waals surface area contributed by atoms with Crippen molar-refractivity contribution >= 4 is 40.4 Å². The smallest absolute Gasteiger partial charge is 0.248 e. The molecule has 1 atom stereocenters. The number of halogens is 1. The Kier molecular flexibility index (Phi) is 4.59. The summed E-state index contributed by atoms with van der Waals surface area (Å²) in [6, 6.07) is 6.59. The Balaban J connectivity index is 2.14. The van der Waals surface area contributed by atoms with Gasteiger partial charge in [-0.1, -0.05) is 36.0 Å². The molecule has 0 aliphatic carbocycles. The van der Waals surface area contributed by atoms with Gasteiger partial charge in [0.2, 0.25) is 5.91 Å². The van der Waals surface area contributed by atoms with Crippen molar-refractivity contribution in [2.24, 2.45) is 5.73 Å². The number of hydrogen-bond acceptors (Lipinski definition) is 3. The lowest BCUT2D eigenvalue weighted by atomic mass is 10.2. The topological polar surface area (TPSA) is 72.9 Å². The molecule has 0 radical (unpaired) electrons. The molecule has 1 unspecified atom stereocenters. The van der Waals surface area contributed by atoms with Gasteiger partial charge >= 0.3 is 0 Å². The van der Waals surface area contributed by atoms with Crippen LogP contribution >= 0.6 is 23.8 Å². The van der Waals surface area contributed by atoms with Crippen molar-refractivity contribution in [1.29, 1.82) is 0 Å². The first-order valence-corrected chi connectivity index (χ1v) is 7.09. The van der Waals surface area contributed by atoms with Crippen molar-refractivity contribution in [2.75, 3.05) is 5.32 Å². The van der Waals surface area contributed by atoms with Gasteiger partial charge in [0.05, 0.1) is 10.7 Å². The Labute approximate surface area is 133 Å². The first kappa shape index (κ1) is 15.5. The number of amides is 1. The third-order valence-electron chi connectivity index (χ3n) is 3.05. The highest BCUT2D eigenvalue weighted by Gasteiger charge is 2.17. The molecule has 0 spiro atoms. The SMILES string of the molecule is Cc1nn(C(C)C(=O)Nc2cccc(C(N)=S)c2)cc1Cl. The molecule has 0 aliphatic rings. The lowest BCUT2D eigenvalue weighted by Gasteiger charge is -2.13. The highest BCUT2D eigenvalue weighted by Crippen LogP contribution is 2.18. The Morgan fingerprint density at radius 2 is 2.24 bits per heavy atom. The Morgan fingerprint density at radius 3 is 2.81 bits per heavy atom. The van der Waals surface area contributed by atoms with Gasteiger partial charge in [0, 0.05) is 17.4 Å². The Morgan fingerprint density at radius 1 is 1.52 bits per heavy atom. The lowest BCUT2D eigenvalue weighted by molar-refractivity contribution is -0.119. The molecule has 0 fully saturated rings. The number of hydrogen-bond donors (Lipinski definition) is 2. The Bertz CT molecular complexity index is 679. The zero-order chi connectivity index (χ0) is 15.6. The van der Waals surface area contributed by atoms with Crippen molar-refractivity contribution in [3.63, 3.8) is 0 Å². The summed E-state index contributed by atoms with van der Waals surface area (Å²) in [4.78, 5) is 12.5. The monoisotopic (exact) mass is 322 g/mol. The molecule has 1 aromatic carbocycles. The molecule has 21 heavy (non-hydrogen) atoms. The molecule has 5 nitrogen and oxygen atoms in total. The van der Waals surface area contributed by atoms with E-state index in [-0.39, 0.29) is 10.9 Å². The van der Waals surface area contributed by atoms with Crippen LogP contribution in [0.3, 0.4) is 0 Å². The van der Waals surface area contributed by atoms with Crippen molar-refractivity contribution in [2.45, 2.75) is 19.9 Å². The summed E-state index contributed by atoms with van der Waals surface area (Å²) in [5.74, 6) is -0.200. The number of aryl methyl sites for hydroxylation is 1. The van der Waals surface area contributed by atoms with Gasteiger partial charge < -0.3 is 11.1 Å². The number of nitrogens with one attached hydrogen (secondary N) is 1. The maximum Gasteiger partial charge on any atom is 0.248 e. The quantitative estimate of drug-likeness (QED) is 0.849. The van der Waals surface area contributed by atoms with Crippen molar-refractivity contribution in [1.82, 2.24) is 9.78 Å². The van der Waals surface area contributed by atoms with E-state index in [4.69, 9.17) is 29.6 Å². The summed E-state index contributed by atoms with van der Waals surface area (Å²) < 4.78 is 1.53. The average molecular weight is 323 g/mol. The highest BCUT2D eigenvalue weighted by molar-refractivity contribution is 7.80. The third kappa shape index (κ3) is 3.59. The van der Waals surface area contributed by atoms with Crippen LogP contribution in [0, 0.1) is 6.92 Å². The standard InChI is InChI=1S/C14H15ClN4OS/c1-8-12(15)7-19(18-8)9(2)14(20)17-11-5-3-4-10(6-11)13(16)21/h3-7,9H,1-2H3,(H2,16,21)(H,17,20). The summed E-state index contributed by atoms with van der Waals surface area (Å²) in [7, 11) is 0. The zero-order valence-corrected chi connectivity index (χ0v) is 13.2. The number of carbonyl (C=O) groups is 1. The van der Waals surface area contributed by atoms with Crippen LogP contribution in [0.1, 0.15) is 24.2 Å². The van der Waals surface area contributed by atoms with Crippen LogP contribution in [0.4, 0.5) is 5.69 Å². The van der Waals surface area contributed by atoms with E-state index >= 15 is 0 Å². The van der Waals surface area contributed by atoms with E-state index in [1.165, 1.54) is 4.68 Å². The number of aromatic nitrogens is 2. The minimum Gasteiger partial charge on any atom is -0.389 e. The van der Waals surface area contributed by atoms with Crippen LogP contribution in [-0.4, -0.2) is 20.7 Å². The number of rotatable bonds is 4. The van der Waals surface area contributed by atoms with Gasteiger partial charge in [0.15, 0.2) is 0 Å². The summed E-state index contributed by atoms with van der Waals surface area (Å²) in [5, 5.41) is 7.54. The zero-order valence-electron chi connectivity index (χ0n) is 11.6. The molecule has 2 aromatic rings. The maximum atomic E-state index is 12.2. The van der Waals surface area contributed by atoms with Crippen LogP contribution < -0.4 is 11.1 Å². The van der Waals surface area contributed by atoms with Gasteiger partial charge in [0.1, 0.15) is 11.0 Å². The normalized spacial score (nSPS) is 12.0. The van der Waals surface area contributed by atoms with E-state index in [0.29, 0.717) is 22.0 Å². The minimum atomic E-state index is -0.482. The number of nitrogens with zero attached hydrogens (tertiary/aromatic N) is 2. The molecule has 1 amide bonds. The molecule has 0 bridgehead atoms. The maximum absolute atomic E-state index is 12.2. The largest absolute Gasteiger partial charge is 0.389 e. The Hall–Kier alpha value is -1.92. The van der Waals surface area contributed by atoms with Gasteiger partial charge in [-0.3, -0.25) is 9.48 Å². The number of carbonyl (C=O) groups excluding carboxylic acids is 1. The van der Waals surface area contributed by atoms with Crippen LogP contribution in [0.25, 0.3) is 0 Å². The average Bonchev–Trinajstić information content (AvgIpc) is 2.78. The van der Waals surface area contributed by atoms with E-state index in [1.807, 2.05) is 0 Å². The molecule has 2 rings (SSSR count). The lowest BCUT2D eigenvalue weighted by Crippen LogP contribution is -2.24. The highest BCUT2D eigenvalue weighted by atomic mass is 35.5. The van der Waals surface area contributed by atoms with Crippen LogP contribution in [0.15, 0.2) is 30.5 Å². The fraction of sp³-hybridized carbons (Fsp3) is 0.214. The number of anilines is 1. The molecule has 1 heterocycles. The summed E-state index contributed by atoms with van der Waals surface area (Å²) >= 11 is 10.9. The van der Waals surface area contributed by atoms with Gasteiger partial charge in [-0.05, 0) is 26.0 Å². The van der Waals surface area contributed by atoms with E-state index in [0.717, 1.165) is 0 Å². The first-order chi connectivity index (χ1) is 9.88.